The van der Waals surface area contributed by atoms with Crippen LogP contribution in [0.15, 0.2) is 47.4 Å². The second-order valence-electron chi connectivity index (χ2n) is 4.41. The maximum atomic E-state index is 12.0. The number of amides is 1. The summed E-state index contributed by atoms with van der Waals surface area (Å²) >= 11 is 0. The summed E-state index contributed by atoms with van der Waals surface area (Å²) in [5, 5.41) is 2.87. The summed E-state index contributed by atoms with van der Waals surface area (Å²) in [5.74, 6) is 0.539. The van der Waals surface area contributed by atoms with Gasteiger partial charge in [-0.2, -0.15) is 0 Å². The van der Waals surface area contributed by atoms with Gasteiger partial charge in [-0.1, -0.05) is 12.1 Å². The van der Waals surface area contributed by atoms with Crippen LogP contribution in [-0.4, -0.2) is 18.0 Å². The second-order valence-corrected chi connectivity index (χ2v) is 4.41. The Balaban J connectivity index is 2.06. The average molecular weight is 272 g/mol. The SMILES string of the molecule is COc1ccc([C@@H](C)NC(=O)c2ccc(=O)[nH]c2)cc1. The van der Waals surface area contributed by atoms with Crippen molar-refractivity contribution >= 4 is 5.91 Å². The number of aromatic nitrogens is 1. The van der Waals surface area contributed by atoms with Crippen LogP contribution in [0, 0.1) is 0 Å². The number of carbonyl (C=O) groups excluding carboxylic acids is 1. The van der Waals surface area contributed by atoms with Crippen molar-refractivity contribution in [3.8, 4) is 5.75 Å². The van der Waals surface area contributed by atoms with Crippen molar-refractivity contribution in [2.24, 2.45) is 0 Å². The lowest BCUT2D eigenvalue weighted by Crippen LogP contribution is -2.27. The van der Waals surface area contributed by atoms with Crippen LogP contribution in [0.5, 0.6) is 5.75 Å². The predicted octanol–water partition coefficient (Wildman–Crippen LogP) is 1.87. The molecule has 2 N–H and O–H groups in total. The molecule has 0 unspecified atom stereocenters. The first-order valence-corrected chi connectivity index (χ1v) is 6.23. The molecular formula is C15H16N2O3. The molecule has 0 aliphatic heterocycles. The highest BCUT2D eigenvalue weighted by Gasteiger charge is 2.11. The average Bonchev–Trinajstić information content (AvgIpc) is 2.48. The zero-order valence-electron chi connectivity index (χ0n) is 11.3. The number of methoxy groups -OCH3 is 1. The van der Waals surface area contributed by atoms with Crippen LogP contribution in [0.3, 0.4) is 0 Å². The standard InChI is InChI=1S/C15H16N2O3/c1-10(11-3-6-13(20-2)7-4-11)17-15(19)12-5-8-14(18)16-9-12/h3-10H,1-2H3,(H,16,18)(H,17,19)/t10-/m1/s1. The highest BCUT2D eigenvalue weighted by Crippen LogP contribution is 2.17. The van der Waals surface area contributed by atoms with E-state index in [-0.39, 0.29) is 17.5 Å². The lowest BCUT2D eigenvalue weighted by molar-refractivity contribution is 0.0939. The zero-order valence-corrected chi connectivity index (χ0v) is 11.3. The van der Waals surface area contributed by atoms with E-state index < -0.39 is 0 Å². The van der Waals surface area contributed by atoms with Crippen LogP contribution >= 0.6 is 0 Å². The van der Waals surface area contributed by atoms with Gasteiger partial charge in [0.1, 0.15) is 5.75 Å². The number of carbonyl (C=O) groups is 1. The second kappa shape index (κ2) is 6.06. The van der Waals surface area contributed by atoms with E-state index in [4.69, 9.17) is 4.74 Å². The van der Waals surface area contributed by atoms with Crippen molar-refractivity contribution in [1.29, 1.82) is 0 Å². The molecule has 1 atom stereocenters. The van der Waals surface area contributed by atoms with Gasteiger partial charge in [-0.3, -0.25) is 9.59 Å². The largest absolute Gasteiger partial charge is 0.497 e. The molecule has 1 aromatic carbocycles. The third-order valence-electron chi connectivity index (χ3n) is 3.01. The fraction of sp³-hybridized carbons (Fsp3) is 0.200. The maximum Gasteiger partial charge on any atom is 0.253 e. The number of ether oxygens (including phenoxy) is 1. The highest BCUT2D eigenvalue weighted by atomic mass is 16.5. The van der Waals surface area contributed by atoms with Gasteiger partial charge in [-0.25, -0.2) is 0 Å². The molecule has 0 saturated carbocycles. The van der Waals surface area contributed by atoms with Gasteiger partial charge in [0.05, 0.1) is 18.7 Å². The van der Waals surface area contributed by atoms with Gasteiger partial charge in [0.25, 0.3) is 5.91 Å². The Hall–Kier alpha value is -2.56. The number of rotatable bonds is 4. The molecule has 0 aliphatic carbocycles. The molecule has 20 heavy (non-hydrogen) atoms. The van der Waals surface area contributed by atoms with Crippen molar-refractivity contribution in [3.63, 3.8) is 0 Å². The first-order valence-electron chi connectivity index (χ1n) is 6.23. The number of aromatic amines is 1. The Morgan fingerprint density at radius 1 is 1.20 bits per heavy atom. The molecule has 1 heterocycles. The number of hydrogen-bond donors (Lipinski definition) is 2. The van der Waals surface area contributed by atoms with Gasteiger partial charge in [-0.15, -0.1) is 0 Å². The molecule has 1 amide bonds. The Bertz CT molecular complexity index is 626. The van der Waals surface area contributed by atoms with E-state index in [9.17, 15) is 9.59 Å². The molecule has 104 valence electrons. The summed E-state index contributed by atoms with van der Waals surface area (Å²) in [6.45, 7) is 1.89. The molecule has 0 aliphatic rings. The van der Waals surface area contributed by atoms with Gasteiger partial charge in [0.2, 0.25) is 5.56 Å². The fourth-order valence-electron chi connectivity index (χ4n) is 1.81. The summed E-state index contributed by atoms with van der Waals surface area (Å²) in [4.78, 5) is 25.4. The minimum atomic E-state index is -0.232. The number of hydrogen-bond acceptors (Lipinski definition) is 3. The molecule has 2 aromatic rings. The predicted molar refractivity (Wildman–Crippen MR) is 75.9 cm³/mol. The molecule has 1 aromatic heterocycles. The third-order valence-corrected chi connectivity index (χ3v) is 3.01. The molecule has 0 saturated heterocycles. The molecule has 0 bridgehead atoms. The van der Waals surface area contributed by atoms with Gasteiger partial charge in [0.15, 0.2) is 0 Å². The number of pyridine rings is 1. The number of nitrogens with one attached hydrogen (secondary N) is 2. The fourth-order valence-corrected chi connectivity index (χ4v) is 1.81. The van der Waals surface area contributed by atoms with Crippen LogP contribution in [0.4, 0.5) is 0 Å². The third kappa shape index (κ3) is 3.26. The van der Waals surface area contributed by atoms with E-state index in [0.29, 0.717) is 5.56 Å². The van der Waals surface area contributed by atoms with Crippen LogP contribution in [0.2, 0.25) is 0 Å². The smallest absolute Gasteiger partial charge is 0.253 e. The molecule has 5 nitrogen and oxygen atoms in total. The van der Waals surface area contributed by atoms with E-state index in [0.717, 1.165) is 11.3 Å². The molecule has 5 heteroatoms. The molecule has 2 rings (SSSR count). The van der Waals surface area contributed by atoms with Crippen LogP contribution in [0.1, 0.15) is 28.9 Å². The Morgan fingerprint density at radius 3 is 2.45 bits per heavy atom. The lowest BCUT2D eigenvalue weighted by Gasteiger charge is -2.14. The van der Waals surface area contributed by atoms with Crippen molar-refractivity contribution in [1.82, 2.24) is 10.3 Å². The van der Waals surface area contributed by atoms with Crippen molar-refractivity contribution < 1.29 is 9.53 Å². The lowest BCUT2D eigenvalue weighted by atomic mass is 10.1. The molecular weight excluding hydrogens is 256 g/mol. The monoisotopic (exact) mass is 272 g/mol. The van der Waals surface area contributed by atoms with Crippen LogP contribution < -0.4 is 15.6 Å². The Morgan fingerprint density at radius 2 is 1.90 bits per heavy atom. The summed E-state index contributed by atoms with van der Waals surface area (Å²) in [6, 6.07) is 10.2. The molecule has 0 radical (unpaired) electrons. The summed E-state index contributed by atoms with van der Waals surface area (Å²) < 4.78 is 5.09. The van der Waals surface area contributed by atoms with Crippen LogP contribution in [-0.2, 0) is 0 Å². The summed E-state index contributed by atoms with van der Waals surface area (Å²) in [5.41, 5.74) is 1.17. The van der Waals surface area contributed by atoms with E-state index >= 15 is 0 Å². The van der Waals surface area contributed by atoms with Crippen molar-refractivity contribution in [2.45, 2.75) is 13.0 Å². The minimum absolute atomic E-state index is 0.139. The maximum absolute atomic E-state index is 12.0. The first kappa shape index (κ1) is 13.9. The highest BCUT2D eigenvalue weighted by molar-refractivity contribution is 5.94. The van der Waals surface area contributed by atoms with Crippen LogP contribution in [0.25, 0.3) is 0 Å². The van der Waals surface area contributed by atoms with Gasteiger partial charge in [0, 0.05) is 12.3 Å². The van der Waals surface area contributed by atoms with E-state index in [1.165, 1.54) is 18.3 Å². The van der Waals surface area contributed by atoms with Crippen molar-refractivity contribution in [2.75, 3.05) is 7.11 Å². The summed E-state index contributed by atoms with van der Waals surface area (Å²) in [6.07, 6.45) is 1.40. The molecule has 0 fully saturated rings. The number of benzene rings is 1. The minimum Gasteiger partial charge on any atom is -0.497 e. The Kier molecular flexibility index (Phi) is 4.20. The summed E-state index contributed by atoms with van der Waals surface area (Å²) in [7, 11) is 1.61. The van der Waals surface area contributed by atoms with Crippen molar-refractivity contribution in [3.05, 3.63) is 64.1 Å². The quantitative estimate of drug-likeness (QED) is 0.892. The van der Waals surface area contributed by atoms with Gasteiger partial charge < -0.3 is 15.0 Å². The van der Waals surface area contributed by atoms with E-state index in [2.05, 4.69) is 10.3 Å². The van der Waals surface area contributed by atoms with Gasteiger partial charge in [-0.05, 0) is 30.7 Å². The topological polar surface area (TPSA) is 71.2 Å². The molecule has 0 spiro atoms. The zero-order chi connectivity index (χ0) is 14.5. The van der Waals surface area contributed by atoms with E-state index in [1.54, 1.807) is 7.11 Å². The number of H-pyrrole nitrogens is 1. The first-order chi connectivity index (χ1) is 9.60. The van der Waals surface area contributed by atoms with Gasteiger partial charge >= 0.3 is 0 Å². The van der Waals surface area contributed by atoms with E-state index in [1.807, 2.05) is 31.2 Å². The Labute approximate surface area is 116 Å². The normalized spacial score (nSPS) is 11.7.